The van der Waals surface area contributed by atoms with Crippen molar-refractivity contribution in [3.63, 3.8) is 0 Å². The quantitative estimate of drug-likeness (QED) is 0.567. The topological polar surface area (TPSA) is 85.7 Å². The van der Waals surface area contributed by atoms with Crippen LogP contribution in [0.15, 0.2) is 61.3 Å². The summed E-state index contributed by atoms with van der Waals surface area (Å²) in [5, 5.41) is 5.13. The Balaban J connectivity index is 1.44. The molecule has 0 aliphatic heterocycles. The minimum Gasteiger partial charge on any atom is -0.459 e. The van der Waals surface area contributed by atoms with Gasteiger partial charge >= 0.3 is 5.97 Å². The first kappa shape index (κ1) is 15.1. The van der Waals surface area contributed by atoms with Gasteiger partial charge in [0.05, 0.1) is 11.9 Å². The number of ether oxygens (including phenoxy) is 1. The summed E-state index contributed by atoms with van der Waals surface area (Å²) >= 11 is 0. The minimum atomic E-state index is -0.340. The zero-order valence-corrected chi connectivity index (χ0v) is 13.3. The molecule has 0 atom stereocenters. The first-order chi connectivity index (χ1) is 12.3. The molecule has 0 fully saturated rings. The second-order valence-corrected chi connectivity index (χ2v) is 5.54. The maximum Gasteiger partial charge on any atom is 0.328 e. The fourth-order valence-electron chi connectivity index (χ4n) is 2.59. The number of benzene rings is 1. The number of nitrogens with one attached hydrogen (secondary N) is 1. The van der Waals surface area contributed by atoms with E-state index in [0.717, 1.165) is 27.9 Å². The molecule has 4 rings (SSSR count). The molecule has 0 saturated carbocycles. The summed E-state index contributed by atoms with van der Waals surface area (Å²) in [6.45, 7) is 0.303. The van der Waals surface area contributed by atoms with Crippen molar-refractivity contribution < 1.29 is 9.53 Å². The van der Waals surface area contributed by atoms with Crippen LogP contribution in [0.5, 0.6) is 0 Å². The number of nitrogens with zero attached hydrogens (tertiary/aromatic N) is 4. The number of fused-ring (bicyclic) bond motifs is 1. The summed E-state index contributed by atoms with van der Waals surface area (Å²) in [7, 11) is 0. The average Bonchev–Trinajstić information content (AvgIpc) is 3.30. The molecule has 0 bridgehead atoms. The van der Waals surface area contributed by atoms with Gasteiger partial charge in [0.15, 0.2) is 0 Å². The molecule has 1 N–H and O–H groups in total. The van der Waals surface area contributed by atoms with Crippen molar-refractivity contribution in [3.05, 3.63) is 66.9 Å². The molecule has 0 unspecified atom stereocenters. The lowest BCUT2D eigenvalue weighted by atomic mass is 10.2. The van der Waals surface area contributed by atoms with Crippen LogP contribution in [-0.2, 0) is 22.7 Å². The molecule has 7 nitrogen and oxygen atoms in total. The van der Waals surface area contributed by atoms with Gasteiger partial charge in [0.2, 0.25) is 0 Å². The molecular formula is C18H15N5O2. The Morgan fingerprint density at radius 1 is 1.16 bits per heavy atom. The van der Waals surface area contributed by atoms with Gasteiger partial charge in [-0.3, -0.25) is 9.48 Å². The van der Waals surface area contributed by atoms with Crippen LogP contribution in [0.1, 0.15) is 5.56 Å². The van der Waals surface area contributed by atoms with E-state index in [0.29, 0.717) is 0 Å². The van der Waals surface area contributed by atoms with E-state index in [1.807, 2.05) is 42.6 Å². The molecule has 0 aliphatic rings. The highest BCUT2D eigenvalue weighted by Gasteiger charge is 2.11. The zero-order chi connectivity index (χ0) is 17.1. The van der Waals surface area contributed by atoms with Gasteiger partial charge in [-0.05, 0) is 11.6 Å². The number of hydrogen-bond acceptors (Lipinski definition) is 5. The van der Waals surface area contributed by atoms with Crippen LogP contribution in [-0.4, -0.2) is 30.7 Å². The Morgan fingerprint density at radius 3 is 2.92 bits per heavy atom. The highest BCUT2D eigenvalue weighted by molar-refractivity contribution is 5.90. The molecule has 3 heterocycles. The Labute approximate surface area is 143 Å². The molecule has 124 valence electrons. The normalized spacial score (nSPS) is 10.9. The Morgan fingerprint density at radius 2 is 2.04 bits per heavy atom. The monoisotopic (exact) mass is 333 g/mol. The van der Waals surface area contributed by atoms with Gasteiger partial charge in [0.1, 0.15) is 25.1 Å². The van der Waals surface area contributed by atoms with Gasteiger partial charge in [-0.2, -0.15) is 5.10 Å². The highest BCUT2D eigenvalue weighted by Crippen LogP contribution is 2.23. The number of esters is 1. The van der Waals surface area contributed by atoms with Crippen LogP contribution in [0.25, 0.3) is 22.3 Å². The molecule has 3 aromatic heterocycles. The molecule has 0 amide bonds. The summed E-state index contributed by atoms with van der Waals surface area (Å²) in [5.41, 5.74) is 3.31. The van der Waals surface area contributed by atoms with Crippen molar-refractivity contribution in [1.82, 2.24) is 24.7 Å². The van der Waals surface area contributed by atoms with E-state index >= 15 is 0 Å². The number of hydrogen-bond donors (Lipinski definition) is 1. The summed E-state index contributed by atoms with van der Waals surface area (Å²) in [6.07, 6.45) is 6.77. The van der Waals surface area contributed by atoms with Gasteiger partial charge in [0.25, 0.3) is 0 Å². The molecule has 4 aromatic rings. The Bertz CT molecular complexity index is 1010. The van der Waals surface area contributed by atoms with E-state index < -0.39 is 0 Å². The van der Waals surface area contributed by atoms with Crippen molar-refractivity contribution in [3.8, 4) is 11.3 Å². The van der Waals surface area contributed by atoms with E-state index in [1.54, 1.807) is 17.1 Å². The minimum absolute atomic E-state index is 0.0498. The van der Waals surface area contributed by atoms with Crippen LogP contribution in [0.2, 0.25) is 0 Å². The molecule has 25 heavy (non-hydrogen) atoms. The van der Waals surface area contributed by atoms with Gasteiger partial charge < -0.3 is 9.72 Å². The van der Waals surface area contributed by atoms with Crippen molar-refractivity contribution >= 4 is 17.0 Å². The van der Waals surface area contributed by atoms with Crippen molar-refractivity contribution in [2.24, 2.45) is 0 Å². The zero-order valence-electron chi connectivity index (χ0n) is 13.3. The molecule has 0 radical (unpaired) electrons. The van der Waals surface area contributed by atoms with Crippen molar-refractivity contribution in [2.75, 3.05) is 0 Å². The lowest BCUT2D eigenvalue weighted by Crippen LogP contribution is -2.13. The Kier molecular flexibility index (Phi) is 3.96. The van der Waals surface area contributed by atoms with Crippen molar-refractivity contribution in [2.45, 2.75) is 13.2 Å². The van der Waals surface area contributed by atoms with Gasteiger partial charge in [-0.1, -0.05) is 30.3 Å². The molecular weight excluding hydrogens is 318 g/mol. The average molecular weight is 333 g/mol. The number of rotatable bonds is 5. The second kappa shape index (κ2) is 6.56. The lowest BCUT2D eigenvalue weighted by molar-refractivity contribution is -0.145. The van der Waals surface area contributed by atoms with Crippen LogP contribution < -0.4 is 0 Å². The largest absolute Gasteiger partial charge is 0.459 e. The van der Waals surface area contributed by atoms with Crippen LogP contribution >= 0.6 is 0 Å². The molecule has 0 saturated heterocycles. The number of H-pyrrole nitrogens is 1. The fourth-order valence-corrected chi connectivity index (χ4v) is 2.59. The molecule has 1 aromatic carbocycles. The van der Waals surface area contributed by atoms with E-state index in [9.17, 15) is 4.79 Å². The first-order valence-electron chi connectivity index (χ1n) is 7.80. The predicted octanol–water partition coefficient (Wildman–Crippen LogP) is 2.56. The highest BCUT2D eigenvalue weighted by atomic mass is 16.5. The summed E-state index contributed by atoms with van der Waals surface area (Å²) in [5.74, 6) is -0.340. The van der Waals surface area contributed by atoms with Crippen LogP contribution in [0, 0.1) is 0 Å². The van der Waals surface area contributed by atoms with E-state index in [1.165, 1.54) is 6.33 Å². The number of carbonyl (C=O) groups is 1. The first-order valence-corrected chi connectivity index (χ1v) is 7.80. The molecule has 7 heteroatoms. The number of aromatic nitrogens is 5. The molecule has 0 aliphatic carbocycles. The summed E-state index contributed by atoms with van der Waals surface area (Å²) in [6, 6.07) is 11.5. The third-order valence-electron chi connectivity index (χ3n) is 3.79. The number of aromatic amines is 1. The second-order valence-electron chi connectivity index (χ2n) is 5.54. The van der Waals surface area contributed by atoms with E-state index in [-0.39, 0.29) is 19.1 Å². The lowest BCUT2D eigenvalue weighted by Gasteiger charge is -2.05. The standard InChI is InChI=1S/C18H15N5O2/c24-16(25-11-13-4-2-1-3-5-13)10-23-9-14(8-22-23)17-15-6-7-19-18(15)21-12-20-17/h1-9,12H,10-11H2,(H,19,20,21). The summed E-state index contributed by atoms with van der Waals surface area (Å²) in [4.78, 5) is 23.5. The smallest absolute Gasteiger partial charge is 0.328 e. The SMILES string of the molecule is O=C(Cn1cc(-c2ncnc3[nH]ccc23)cn1)OCc1ccccc1. The number of carbonyl (C=O) groups excluding carboxylic acids is 1. The van der Waals surface area contributed by atoms with Gasteiger partial charge in [-0.15, -0.1) is 0 Å². The van der Waals surface area contributed by atoms with Crippen molar-refractivity contribution in [1.29, 1.82) is 0 Å². The van der Waals surface area contributed by atoms with E-state index in [4.69, 9.17) is 4.74 Å². The molecule has 0 spiro atoms. The van der Waals surface area contributed by atoms with Crippen LogP contribution in [0.4, 0.5) is 0 Å². The third kappa shape index (κ3) is 3.25. The van der Waals surface area contributed by atoms with E-state index in [2.05, 4.69) is 20.1 Å². The maximum atomic E-state index is 12.0. The van der Waals surface area contributed by atoms with Gasteiger partial charge in [-0.25, -0.2) is 9.97 Å². The summed E-state index contributed by atoms with van der Waals surface area (Å²) < 4.78 is 6.82. The third-order valence-corrected chi connectivity index (χ3v) is 3.79. The predicted molar refractivity (Wildman–Crippen MR) is 91.3 cm³/mol. The Hall–Kier alpha value is -3.48. The maximum absolute atomic E-state index is 12.0. The fraction of sp³-hybridized carbons (Fsp3) is 0.111. The van der Waals surface area contributed by atoms with Crippen LogP contribution in [0.3, 0.4) is 0 Å². The van der Waals surface area contributed by atoms with Gasteiger partial charge in [0, 0.05) is 23.3 Å².